The number of guanidine groups is 1. The first-order valence-corrected chi connectivity index (χ1v) is 9.24. The molecular formula is C18H34IN5O. The third kappa shape index (κ3) is 7.13. The van der Waals surface area contributed by atoms with Gasteiger partial charge in [0.05, 0.1) is 5.69 Å². The highest BCUT2D eigenvalue weighted by molar-refractivity contribution is 14.0. The molecule has 1 fully saturated rings. The molecule has 7 heteroatoms. The lowest BCUT2D eigenvalue weighted by molar-refractivity contribution is 0.167. The van der Waals surface area contributed by atoms with Crippen molar-refractivity contribution in [3.8, 4) is 0 Å². The van der Waals surface area contributed by atoms with Crippen LogP contribution in [0.25, 0.3) is 0 Å². The molecule has 2 N–H and O–H groups in total. The van der Waals surface area contributed by atoms with Crippen molar-refractivity contribution >= 4 is 29.9 Å². The highest BCUT2D eigenvalue weighted by Gasteiger charge is 2.21. The Morgan fingerprint density at radius 2 is 2.00 bits per heavy atom. The Morgan fingerprint density at radius 1 is 1.32 bits per heavy atom. The number of nitrogens with one attached hydrogen (secondary N) is 2. The van der Waals surface area contributed by atoms with Crippen molar-refractivity contribution in [1.82, 2.24) is 20.7 Å². The van der Waals surface area contributed by atoms with Gasteiger partial charge in [-0.15, -0.1) is 24.0 Å². The average Bonchev–Trinajstić information content (AvgIpc) is 3.02. The number of hydrogen-bond donors (Lipinski definition) is 2. The van der Waals surface area contributed by atoms with Crippen LogP contribution in [0.2, 0.25) is 0 Å². The highest BCUT2D eigenvalue weighted by atomic mass is 127. The summed E-state index contributed by atoms with van der Waals surface area (Å²) in [5.41, 5.74) is 0.985. The Balaban J connectivity index is 0.00000312. The van der Waals surface area contributed by atoms with Crippen molar-refractivity contribution in [1.29, 1.82) is 0 Å². The van der Waals surface area contributed by atoms with E-state index in [2.05, 4.69) is 60.3 Å². The Morgan fingerprint density at radius 3 is 2.52 bits per heavy atom. The van der Waals surface area contributed by atoms with Gasteiger partial charge in [-0.3, -0.25) is 0 Å². The number of hydrogen-bond acceptors (Lipinski definition) is 4. The molecule has 0 radical (unpaired) electrons. The van der Waals surface area contributed by atoms with Crippen molar-refractivity contribution in [3.05, 3.63) is 17.5 Å². The largest absolute Gasteiger partial charge is 0.359 e. The zero-order valence-corrected chi connectivity index (χ0v) is 18.5. The van der Waals surface area contributed by atoms with E-state index < -0.39 is 0 Å². The maximum atomic E-state index is 5.37. The van der Waals surface area contributed by atoms with Crippen molar-refractivity contribution in [2.24, 2.45) is 4.99 Å². The number of aliphatic imine (C=N–C) groups is 1. The van der Waals surface area contributed by atoms with Crippen molar-refractivity contribution in [3.63, 3.8) is 0 Å². The summed E-state index contributed by atoms with van der Waals surface area (Å²) in [4.78, 5) is 7.18. The summed E-state index contributed by atoms with van der Waals surface area (Å²) in [6.45, 7) is 14.5. The summed E-state index contributed by atoms with van der Waals surface area (Å²) in [5, 5.41) is 11.0. The molecule has 2 rings (SSSR count). The van der Waals surface area contributed by atoms with Crippen LogP contribution in [-0.2, 0) is 6.54 Å². The van der Waals surface area contributed by atoms with E-state index >= 15 is 0 Å². The molecule has 144 valence electrons. The monoisotopic (exact) mass is 463 g/mol. The lowest BCUT2D eigenvalue weighted by Gasteiger charge is -2.35. The van der Waals surface area contributed by atoms with Gasteiger partial charge in [0.25, 0.3) is 0 Å². The van der Waals surface area contributed by atoms with E-state index in [1.54, 1.807) is 0 Å². The van der Waals surface area contributed by atoms with Gasteiger partial charge in [0.15, 0.2) is 11.7 Å². The van der Waals surface area contributed by atoms with Gasteiger partial charge in [-0.25, -0.2) is 4.99 Å². The fourth-order valence-corrected chi connectivity index (χ4v) is 2.91. The topological polar surface area (TPSA) is 65.7 Å². The standard InChI is InChI=1S/C18H33N5O.HI/c1-6-19-18(20-12-16-11-17(13(2)3)22-24-16)21-15-7-9-23(10-8-15)14(4)5;/h11,13-15H,6-10,12H2,1-5H3,(H2,19,20,21);1H. The zero-order valence-electron chi connectivity index (χ0n) is 16.2. The van der Waals surface area contributed by atoms with E-state index in [9.17, 15) is 0 Å². The number of halogens is 1. The van der Waals surface area contributed by atoms with Gasteiger partial charge < -0.3 is 20.1 Å². The molecule has 0 aromatic carbocycles. The summed E-state index contributed by atoms with van der Waals surface area (Å²) < 4.78 is 5.37. The third-order valence-electron chi connectivity index (χ3n) is 4.51. The predicted octanol–water partition coefficient (Wildman–Crippen LogP) is 3.34. The SMILES string of the molecule is CCNC(=NCc1cc(C(C)C)no1)NC1CCN(C(C)C)CC1.I. The van der Waals surface area contributed by atoms with Gasteiger partial charge in [0.1, 0.15) is 6.54 Å². The summed E-state index contributed by atoms with van der Waals surface area (Å²) in [7, 11) is 0. The molecule has 1 aliphatic rings. The molecule has 0 saturated carbocycles. The number of aromatic nitrogens is 1. The maximum Gasteiger partial charge on any atom is 0.191 e. The Hall–Kier alpha value is -0.830. The van der Waals surface area contributed by atoms with E-state index in [0.717, 1.165) is 49.9 Å². The molecule has 0 aliphatic carbocycles. The van der Waals surface area contributed by atoms with Crippen molar-refractivity contribution < 1.29 is 4.52 Å². The highest BCUT2D eigenvalue weighted by Crippen LogP contribution is 2.15. The van der Waals surface area contributed by atoms with Gasteiger partial charge in [-0.05, 0) is 39.5 Å². The summed E-state index contributed by atoms with van der Waals surface area (Å²) in [6.07, 6.45) is 2.31. The second kappa shape index (κ2) is 11.0. The second-order valence-corrected chi connectivity index (χ2v) is 7.12. The van der Waals surface area contributed by atoms with E-state index in [4.69, 9.17) is 4.52 Å². The first-order valence-electron chi connectivity index (χ1n) is 9.24. The normalized spacial score (nSPS) is 17.0. The van der Waals surface area contributed by atoms with E-state index in [-0.39, 0.29) is 24.0 Å². The number of rotatable bonds is 6. The van der Waals surface area contributed by atoms with Crippen LogP contribution in [0.5, 0.6) is 0 Å². The van der Waals surface area contributed by atoms with Crippen LogP contribution in [0.15, 0.2) is 15.6 Å². The summed E-state index contributed by atoms with van der Waals surface area (Å²) >= 11 is 0. The molecule has 0 atom stereocenters. The quantitative estimate of drug-likeness (QED) is 0.385. The fourth-order valence-electron chi connectivity index (χ4n) is 2.91. The lowest BCUT2D eigenvalue weighted by Crippen LogP contribution is -2.49. The molecule has 0 amide bonds. The van der Waals surface area contributed by atoms with Crippen LogP contribution in [0.1, 0.15) is 64.8 Å². The van der Waals surface area contributed by atoms with Crippen LogP contribution < -0.4 is 10.6 Å². The molecule has 0 spiro atoms. The molecule has 25 heavy (non-hydrogen) atoms. The second-order valence-electron chi connectivity index (χ2n) is 7.12. The first-order chi connectivity index (χ1) is 11.5. The molecule has 1 aromatic heterocycles. The Labute approximate surface area is 169 Å². The molecule has 1 saturated heterocycles. The molecular weight excluding hydrogens is 429 g/mol. The lowest BCUT2D eigenvalue weighted by atomic mass is 10.0. The van der Waals surface area contributed by atoms with Crippen molar-refractivity contribution in [2.45, 2.75) is 72.0 Å². The van der Waals surface area contributed by atoms with Gasteiger partial charge in [-0.2, -0.15) is 0 Å². The van der Waals surface area contributed by atoms with Crippen LogP contribution in [0.3, 0.4) is 0 Å². The molecule has 0 bridgehead atoms. The van der Waals surface area contributed by atoms with Crippen LogP contribution >= 0.6 is 24.0 Å². The number of likely N-dealkylation sites (tertiary alicyclic amines) is 1. The van der Waals surface area contributed by atoms with Gasteiger partial charge in [0.2, 0.25) is 0 Å². The van der Waals surface area contributed by atoms with E-state index in [1.807, 2.05) is 6.07 Å². The minimum atomic E-state index is 0. The number of piperidine rings is 1. The molecule has 6 nitrogen and oxygen atoms in total. The minimum Gasteiger partial charge on any atom is -0.359 e. The minimum absolute atomic E-state index is 0. The molecule has 1 aliphatic heterocycles. The third-order valence-corrected chi connectivity index (χ3v) is 4.51. The molecule has 2 heterocycles. The van der Waals surface area contributed by atoms with Crippen LogP contribution in [0, 0.1) is 0 Å². The fraction of sp³-hybridized carbons (Fsp3) is 0.778. The van der Waals surface area contributed by atoms with Gasteiger partial charge in [-0.1, -0.05) is 19.0 Å². The summed E-state index contributed by atoms with van der Waals surface area (Å²) in [6, 6.07) is 3.12. The zero-order chi connectivity index (χ0) is 17.5. The smallest absolute Gasteiger partial charge is 0.191 e. The Kier molecular flexibility index (Phi) is 9.78. The van der Waals surface area contributed by atoms with Crippen molar-refractivity contribution in [2.75, 3.05) is 19.6 Å². The number of nitrogens with zero attached hydrogens (tertiary/aromatic N) is 3. The Bertz CT molecular complexity index is 521. The molecule has 0 unspecified atom stereocenters. The summed E-state index contributed by atoms with van der Waals surface area (Å²) in [5.74, 6) is 2.05. The van der Waals surface area contributed by atoms with Crippen LogP contribution in [0.4, 0.5) is 0 Å². The predicted molar refractivity (Wildman–Crippen MR) is 114 cm³/mol. The average molecular weight is 463 g/mol. The first kappa shape index (κ1) is 22.2. The molecule has 1 aromatic rings. The van der Waals surface area contributed by atoms with Gasteiger partial charge >= 0.3 is 0 Å². The van der Waals surface area contributed by atoms with E-state index in [0.29, 0.717) is 24.5 Å². The van der Waals surface area contributed by atoms with E-state index in [1.165, 1.54) is 0 Å². The maximum absolute atomic E-state index is 5.37. The van der Waals surface area contributed by atoms with Gasteiger partial charge in [0, 0.05) is 37.8 Å². The van der Waals surface area contributed by atoms with Crippen LogP contribution in [-0.4, -0.2) is 47.7 Å².